The van der Waals surface area contributed by atoms with E-state index < -0.39 is 0 Å². The molecule has 6 heteroatoms. The molecular formula is C15H15Cl2N3O. The molecule has 1 N–H and O–H groups in total. The molecule has 110 valence electrons. The summed E-state index contributed by atoms with van der Waals surface area (Å²) in [5.41, 5.74) is 1.12. The first kappa shape index (κ1) is 14.3. The number of benzene rings is 1. The molecular weight excluding hydrogens is 309 g/mol. The van der Waals surface area contributed by atoms with Gasteiger partial charge in [-0.2, -0.15) is 0 Å². The molecule has 4 nitrogen and oxygen atoms in total. The van der Waals surface area contributed by atoms with Crippen LogP contribution in [0.1, 0.15) is 5.56 Å². The Labute approximate surface area is 133 Å². The van der Waals surface area contributed by atoms with Crippen molar-refractivity contribution in [3.63, 3.8) is 0 Å². The zero-order chi connectivity index (χ0) is 14.8. The molecule has 3 rings (SSSR count). The predicted octanol–water partition coefficient (Wildman–Crippen LogP) is 3.83. The van der Waals surface area contributed by atoms with E-state index in [0.29, 0.717) is 41.4 Å². The van der Waals surface area contributed by atoms with E-state index in [9.17, 15) is 0 Å². The highest BCUT2D eigenvalue weighted by Gasteiger charge is 2.20. The van der Waals surface area contributed by atoms with E-state index in [1.54, 1.807) is 13.1 Å². The van der Waals surface area contributed by atoms with Crippen LogP contribution >= 0.6 is 23.2 Å². The molecule has 1 aromatic carbocycles. The van der Waals surface area contributed by atoms with Crippen molar-refractivity contribution in [2.75, 3.05) is 30.4 Å². The number of hydrogen-bond acceptors (Lipinski definition) is 4. The van der Waals surface area contributed by atoms with Crippen LogP contribution in [-0.2, 0) is 6.54 Å². The molecule has 0 spiro atoms. The van der Waals surface area contributed by atoms with E-state index in [0.717, 1.165) is 11.3 Å². The zero-order valence-electron chi connectivity index (χ0n) is 11.6. The van der Waals surface area contributed by atoms with Gasteiger partial charge in [0.15, 0.2) is 0 Å². The molecule has 1 aliphatic heterocycles. The fourth-order valence-corrected chi connectivity index (χ4v) is 2.93. The van der Waals surface area contributed by atoms with Crippen molar-refractivity contribution in [1.82, 2.24) is 4.98 Å². The average molecular weight is 324 g/mol. The quantitative estimate of drug-likeness (QED) is 0.911. The maximum absolute atomic E-state index is 6.31. The summed E-state index contributed by atoms with van der Waals surface area (Å²) in [7, 11) is 1.78. The Bertz CT molecular complexity index is 663. The highest BCUT2D eigenvalue weighted by Crippen LogP contribution is 2.33. The molecule has 0 saturated carbocycles. The summed E-state index contributed by atoms with van der Waals surface area (Å²) < 4.78 is 5.77. The molecule has 0 saturated heterocycles. The number of para-hydroxylation sites is 1. The van der Waals surface area contributed by atoms with Gasteiger partial charge in [-0.25, -0.2) is 4.98 Å². The van der Waals surface area contributed by atoms with Gasteiger partial charge in [0, 0.05) is 19.2 Å². The van der Waals surface area contributed by atoms with E-state index in [-0.39, 0.29) is 0 Å². The summed E-state index contributed by atoms with van der Waals surface area (Å²) in [4.78, 5) is 6.63. The molecule has 0 bridgehead atoms. The van der Waals surface area contributed by atoms with Gasteiger partial charge in [-0.05, 0) is 12.1 Å². The number of ether oxygens (including phenoxy) is 1. The van der Waals surface area contributed by atoms with E-state index in [4.69, 9.17) is 27.9 Å². The van der Waals surface area contributed by atoms with Gasteiger partial charge in [0.25, 0.3) is 0 Å². The number of aromatic nitrogens is 1. The normalized spacial score (nSPS) is 14.1. The molecule has 2 heterocycles. The van der Waals surface area contributed by atoms with E-state index in [2.05, 4.69) is 21.3 Å². The van der Waals surface area contributed by atoms with Crippen molar-refractivity contribution in [3.05, 3.63) is 45.9 Å². The fourth-order valence-electron chi connectivity index (χ4n) is 2.36. The highest BCUT2D eigenvalue weighted by atomic mass is 35.5. The lowest BCUT2D eigenvalue weighted by Crippen LogP contribution is -2.26. The number of fused-ring (bicyclic) bond motifs is 1. The largest absolute Gasteiger partial charge is 0.491 e. The first-order valence-corrected chi connectivity index (χ1v) is 7.44. The first-order chi connectivity index (χ1) is 10.2. The lowest BCUT2D eigenvalue weighted by molar-refractivity contribution is 0.331. The molecule has 0 fully saturated rings. The maximum atomic E-state index is 6.31. The molecule has 0 amide bonds. The molecule has 0 radical (unpaired) electrons. The molecule has 1 aromatic heterocycles. The van der Waals surface area contributed by atoms with Crippen LogP contribution < -0.4 is 15.0 Å². The van der Waals surface area contributed by atoms with Crippen LogP contribution in [0.4, 0.5) is 11.6 Å². The smallest absolute Gasteiger partial charge is 0.150 e. The number of halogens is 2. The second-order valence-electron chi connectivity index (χ2n) is 4.75. The summed E-state index contributed by atoms with van der Waals surface area (Å²) in [5.74, 6) is 2.25. The topological polar surface area (TPSA) is 37.4 Å². The Hall–Kier alpha value is -1.65. The van der Waals surface area contributed by atoms with Gasteiger partial charge in [-0.15, -0.1) is 0 Å². The molecule has 0 unspecified atom stereocenters. The van der Waals surface area contributed by atoms with Crippen LogP contribution in [-0.4, -0.2) is 25.2 Å². The predicted molar refractivity (Wildman–Crippen MR) is 86.8 cm³/mol. The highest BCUT2D eigenvalue weighted by molar-refractivity contribution is 6.37. The van der Waals surface area contributed by atoms with Crippen LogP contribution in [0.25, 0.3) is 0 Å². The number of hydrogen-bond donors (Lipinski definition) is 1. The third-order valence-corrected chi connectivity index (χ3v) is 3.97. The molecule has 1 aliphatic rings. The van der Waals surface area contributed by atoms with Crippen molar-refractivity contribution in [1.29, 1.82) is 0 Å². The number of anilines is 2. The minimum atomic E-state index is 0.512. The van der Waals surface area contributed by atoms with Crippen LogP contribution in [0, 0.1) is 0 Å². The Morgan fingerprint density at radius 1 is 1.24 bits per heavy atom. The lowest BCUT2D eigenvalue weighted by atomic mass is 10.2. The van der Waals surface area contributed by atoms with Crippen molar-refractivity contribution in [2.45, 2.75) is 6.54 Å². The minimum absolute atomic E-state index is 0.512. The SMILES string of the molecule is CNc1nc(N2CCOc3ccccc3C2)c(Cl)cc1Cl. The monoisotopic (exact) mass is 323 g/mol. The summed E-state index contributed by atoms with van der Waals surface area (Å²) in [6.07, 6.45) is 0. The molecule has 21 heavy (non-hydrogen) atoms. The van der Waals surface area contributed by atoms with Crippen molar-refractivity contribution < 1.29 is 4.74 Å². The Balaban J connectivity index is 1.97. The van der Waals surface area contributed by atoms with E-state index in [1.165, 1.54) is 0 Å². The van der Waals surface area contributed by atoms with Crippen LogP contribution in [0.5, 0.6) is 5.75 Å². The van der Waals surface area contributed by atoms with Crippen molar-refractivity contribution in [2.24, 2.45) is 0 Å². The van der Waals surface area contributed by atoms with Gasteiger partial charge in [-0.1, -0.05) is 41.4 Å². The number of rotatable bonds is 2. The zero-order valence-corrected chi connectivity index (χ0v) is 13.1. The minimum Gasteiger partial charge on any atom is -0.491 e. The van der Waals surface area contributed by atoms with Crippen LogP contribution in [0.3, 0.4) is 0 Å². The maximum Gasteiger partial charge on any atom is 0.150 e. The Morgan fingerprint density at radius 3 is 2.86 bits per heavy atom. The fraction of sp³-hybridized carbons (Fsp3) is 0.267. The second-order valence-corrected chi connectivity index (χ2v) is 5.57. The third-order valence-electron chi connectivity index (χ3n) is 3.40. The summed E-state index contributed by atoms with van der Waals surface area (Å²) in [6, 6.07) is 9.73. The first-order valence-electron chi connectivity index (χ1n) is 6.68. The number of nitrogens with one attached hydrogen (secondary N) is 1. The number of pyridine rings is 1. The Kier molecular flexibility index (Phi) is 4.08. The lowest BCUT2D eigenvalue weighted by Gasteiger charge is -2.23. The van der Waals surface area contributed by atoms with Gasteiger partial charge in [0.2, 0.25) is 0 Å². The van der Waals surface area contributed by atoms with Crippen molar-refractivity contribution in [3.8, 4) is 5.75 Å². The van der Waals surface area contributed by atoms with E-state index in [1.807, 2.05) is 18.2 Å². The van der Waals surface area contributed by atoms with Gasteiger partial charge < -0.3 is 15.0 Å². The summed E-state index contributed by atoms with van der Waals surface area (Å²) >= 11 is 12.4. The molecule has 2 aromatic rings. The molecule has 0 atom stereocenters. The summed E-state index contributed by atoms with van der Waals surface area (Å²) in [6.45, 7) is 2.01. The van der Waals surface area contributed by atoms with Gasteiger partial charge in [0.05, 0.1) is 16.6 Å². The number of nitrogens with zero attached hydrogens (tertiary/aromatic N) is 2. The van der Waals surface area contributed by atoms with Crippen molar-refractivity contribution >= 4 is 34.8 Å². The second kappa shape index (κ2) is 6.00. The average Bonchev–Trinajstić information content (AvgIpc) is 2.69. The van der Waals surface area contributed by atoms with Crippen LogP contribution in [0.15, 0.2) is 30.3 Å². The summed E-state index contributed by atoms with van der Waals surface area (Å²) in [5, 5.41) is 4.03. The third kappa shape index (κ3) is 2.87. The van der Waals surface area contributed by atoms with Gasteiger partial charge in [-0.3, -0.25) is 0 Å². The van der Waals surface area contributed by atoms with Crippen LogP contribution in [0.2, 0.25) is 10.0 Å². The van der Waals surface area contributed by atoms with Gasteiger partial charge in [0.1, 0.15) is 24.0 Å². The molecule has 0 aliphatic carbocycles. The Morgan fingerprint density at radius 2 is 2.05 bits per heavy atom. The van der Waals surface area contributed by atoms with Gasteiger partial charge >= 0.3 is 0 Å². The standard InChI is InChI=1S/C15H15Cl2N3O/c1-18-14-11(16)8-12(17)15(19-14)20-6-7-21-13-5-3-2-4-10(13)9-20/h2-5,8H,6-7,9H2,1H3,(H,18,19). The van der Waals surface area contributed by atoms with E-state index >= 15 is 0 Å².